The van der Waals surface area contributed by atoms with Gasteiger partial charge in [-0.05, 0) is 67.4 Å². The summed E-state index contributed by atoms with van der Waals surface area (Å²) < 4.78 is 35.9. The molecule has 1 heterocycles. The molecular formula is C24H21ClN2O5S2. The molecule has 4 aromatic rings. The number of thiazole rings is 1. The average Bonchev–Trinajstić information content (AvgIpc) is 3.11. The van der Waals surface area contributed by atoms with Crippen molar-refractivity contribution in [2.45, 2.75) is 25.3 Å². The minimum atomic E-state index is -3.97. The number of halogens is 1. The molecule has 1 aromatic heterocycles. The predicted molar refractivity (Wildman–Crippen MR) is 135 cm³/mol. The molecule has 0 atom stereocenters. The van der Waals surface area contributed by atoms with Gasteiger partial charge in [0.1, 0.15) is 0 Å². The largest absolute Gasteiger partial charge is 0.462 e. The number of carbonyl (C=O) groups excluding carboxylic acids is 1. The Morgan fingerprint density at radius 1 is 1.12 bits per heavy atom. The number of sulfonamides is 1. The third-order valence-electron chi connectivity index (χ3n) is 5.28. The van der Waals surface area contributed by atoms with Crippen molar-refractivity contribution in [1.82, 2.24) is 4.57 Å². The number of esters is 1. The molecule has 176 valence electrons. The Labute approximate surface area is 205 Å². The second-order valence-electron chi connectivity index (χ2n) is 7.51. The van der Waals surface area contributed by atoms with Gasteiger partial charge in [0.2, 0.25) is 0 Å². The first kappa shape index (κ1) is 24.0. The second-order valence-corrected chi connectivity index (χ2v) is 10.6. The van der Waals surface area contributed by atoms with Crippen molar-refractivity contribution in [3.05, 3.63) is 92.0 Å². The normalized spacial score (nSPS) is 11.5. The zero-order valence-corrected chi connectivity index (χ0v) is 20.8. The summed E-state index contributed by atoms with van der Waals surface area (Å²) in [6.45, 7) is 3.91. The number of ether oxygens (including phenoxy) is 1. The first-order valence-electron chi connectivity index (χ1n) is 10.4. The highest BCUT2D eigenvalue weighted by Gasteiger charge is 2.20. The van der Waals surface area contributed by atoms with Crippen LogP contribution in [0.2, 0.25) is 5.02 Å². The van der Waals surface area contributed by atoms with Gasteiger partial charge < -0.3 is 4.74 Å². The number of nitrogens with one attached hydrogen (secondary N) is 1. The summed E-state index contributed by atoms with van der Waals surface area (Å²) in [6.07, 6.45) is 0. The summed E-state index contributed by atoms with van der Waals surface area (Å²) in [5.41, 5.74) is 2.57. The second kappa shape index (κ2) is 9.61. The molecular weight excluding hydrogens is 496 g/mol. The van der Waals surface area contributed by atoms with Crippen LogP contribution in [0.25, 0.3) is 10.2 Å². The molecule has 1 N–H and O–H groups in total. The van der Waals surface area contributed by atoms with Crippen molar-refractivity contribution in [3.8, 4) is 0 Å². The van der Waals surface area contributed by atoms with E-state index in [4.69, 9.17) is 16.3 Å². The van der Waals surface area contributed by atoms with Crippen molar-refractivity contribution in [2.75, 3.05) is 11.3 Å². The standard InChI is InChI=1S/C24H21ClN2O5S2/c1-3-32-23(28)19-5-4-6-20(15(19)2)26-34(30,31)18-11-12-21-22(13-18)33-24(29)27(21)14-16-7-9-17(25)10-8-16/h4-13,26H,3,14H2,1-2H3. The van der Waals surface area contributed by atoms with E-state index in [1.165, 1.54) is 12.1 Å². The van der Waals surface area contributed by atoms with E-state index >= 15 is 0 Å². The molecule has 0 aliphatic carbocycles. The van der Waals surface area contributed by atoms with Crippen LogP contribution in [0.1, 0.15) is 28.4 Å². The van der Waals surface area contributed by atoms with Crippen LogP contribution in [-0.4, -0.2) is 25.6 Å². The van der Waals surface area contributed by atoms with E-state index in [-0.39, 0.29) is 27.6 Å². The highest BCUT2D eigenvalue weighted by Crippen LogP contribution is 2.26. The molecule has 10 heteroatoms. The molecule has 0 radical (unpaired) electrons. The molecule has 3 aromatic carbocycles. The van der Waals surface area contributed by atoms with E-state index in [9.17, 15) is 18.0 Å². The minimum Gasteiger partial charge on any atom is -0.462 e. The van der Waals surface area contributed by atoms with Crippen molar-refractivity contribution in [1.29, 1.82) is 0 Å². The Kier molecular flexibility index (Phi) is 6.79. The summed E-state index contributed by atoms with van der Waals surface area (Å²) in [7, 11) is -3.97. The van der Waals surface area contributed by atoms with Crippen LogP contribution in [0, 0.1) is 6.92 Å². The summed E-state index contributed by atoms with van der Waals surface area (Å²) in [5.74, 6) is -0.519. The first-order chi connectivity index (χ1) is 16.2. The van der Waals surface area contributed by atoms with Gasteiger partial charge in [-0.3, -0.25) is 14.1 Å². The molecule has 4 rings (SSSR count). The van der Waals surface area contributed by atoms with Crippen LogP contribution in [0.3, 0.4) is 0 Å². The van der Waals surface area contributed by atoms with E-state index in [1.54, 1.807) is 54.8 Å². The van der Waals surface area contributed by atoms with E-state index in [2.05, 4.69) is 4.72 Å². The van der Waals surface area contributed by atoms with E-state index < -0.39 is 16.0 Å². The summed E-state index contributed by atoms with van der Waals surface area (Å²) in [4.78, 5) is 24.6. The summed E-state index contributed by atoms with van der Waals surface area (Å²) in [6, 6.07) is 16.5. The van der Waals surface area contributed by atoms with Crippen LogP contribution in [0.4, 0.5) is 5.69 Å². The Morgan fingerprint density at radius 3 is 2.56 bits per heavy atom. The SMILES string of the molecule is CCOC(=O)c1cccc(NS(=O)(=O)c2ccc3c(c2)sc(=O)n3Cc2ccc(Cl)cc2)c1C. The number of carbonyl (C=O) groups is 1. The molecule has 7 nitrogen and oxygen atoms in total. The van der Waals surface area contributed by atoms with Gasteiger partial charge in [0.15, 0.2) is 0 Å². The maximum atomic E-state index is 13.1. The van der Waals surface area contributed by atoms with Gasteiger partial charge in [0.25, 0.3) is 10.0 Å². The summed E-state index contributed by atoms with van der Waals surface area (Å²) in [5, 5.41) is 0.608. The quantitative estimate of drug-likeness (QED) is 0.347. The number of hydrogen-bond acceptors (Lipinski definition) is 6. The lowest BCUT2D eigenvalue weighted by Crippen LogP contribution is -2.16. The molecule has 0 spiro atoms. The number of nitrogens with zero attached hydrogens (tertiary/aromatic N) is 1. The van der Waals surface area contributed by atoms with Crippen molar-refractivity contribution in [3.63, 3.8) is 0 Å². The maximum absolute atomic E-state index is 13.1. The number of anilines is 1. The highest BCUT2D eigenvalue weighted by molar-refractivity contribution is 7.92. The van der Waals surface area contributed by atoms with Crippen LogP contribution < -0.4 is 9.60 Å². The van der Waals surface area contributed by atoms with Crippen molar-refractivity contribution >= 4 is 54.8 Å². The number of rotatable bonds is 7. The fourth-order valence-corrected chi connectivity index (χ4v) is 5.80. The molecule has 0 unspecified atom stereocenters. The number of hydrogen-bond donors (Lipinski definition) is 1. The van der Waals surface area contributed by atoms with Crippen molar-refractivity contribution < 1.29 is 17.9 Å². The highest BCUT2D eigenvalue weighted by atomic mass is 35.5. The van der Waals surface area contributed by atoms with E-state index in [0.29, 0.717) is 27.3 Å². The lowest BCUT2D eigenvalue weighted by molar-refractivity contribution is 0.0525. The van der Waals surface area contributed by atoms with Gasteiger partial charge in [-0.2, -0.15) is 0 Å². The topological polar surface area (TPSA) is 94.5 Å². The summed E-state index contributed by atoms with van der Waals surface area (Å²) >= 11 is 6.91. The van der Waals surface area contributed by atoms with Crippen LogP contribution in [-0.2, 0) is 21.3 Å². The number of aromatic nitrogens is 1. The molecule has 34 heavy (non-hydrogen) atoms. The van der Waals surface area contributed by atoms with Gasteiger partial charge in [-0.25, -0.2) is 13.2 Å². The maximum Gasteiger partial charge on any atom is 0.338 e. The Bertz CT molecular complexity index is 1540. The van der Waals surface area contributed by atoms with Crippen LogP contribution in [0.15, 0.2) is 70.4 Å². The lowest BCUT2D eigenvalue weighted by atomic mass is 10.1. The predicted octanol–water partition coefficient (Wildman–Crippen LogP) is 5.05. The molecule has 0 aliphatic heterocycles. The molecule has 0 saturated carbocycles. The Morgan fingerprint density at radius 2 is 1.85 bits per heavy atom. The molecule has 0 amide bonds. The molecule has 0 fully saturated rings. The minimum absolute atomic E-state index is 0.0147. The Hall–Kier alpha value is -3.14. The fourth-order valence-electron chi connectivity index (χ4n) is 3.52. The van der Waals surface area contributed by atoms with E-state index in [0.717, 1.165) is 16.9 Å². The van der Waals surface area contributed by atoms with E-state index in [1.807, 2.05) is 12.1 Å². The molecule has 0 bridgehead atoms. The van der Waals surface area contributed by atoms with Gasteiger partial charge in [-0.1, -0.05) is 41.1 Å². The smallest absolute Gasteiger partial charge is 0.338 e. The Balaban J connectivity index is 1.65. The number of benzene rings is 3. The van der Waals surface area contributed by atoms with Crippen LogP contribution >= 0.6 is 22.9 Å². The van der Waals surface area contributed by atoms with Crippen molar-refractivity contribution in [2.24, 2.45) is 0 Å². The monoisotopic (exact) mass is 516 g/mol. The lowest BCUT2D eigenvalue weighted by Gasteiger charge is -2.13. The zero-order valence-electron chi connectivity index (χ0n) is 18.4. The van der Waals surface area contributed by atoms with Gasteiger partial charge >= 0.3 is 10.8 Å². The third-order valence-corrected chi connectivity index (χ3v) is 7.83. The zero-order chi connectivity index (χ0) is 24.5. The van der Waals surface area contributed by atoms with Crippen LogP contribution in [0.5, 0.6) is 0 Å². The van der Waals surface area contributed by atoms with Gasteiger partial charge in [-0.15, -0.1) is 0 Å². The molecule has 0 aliphatic rings. The van der Waals surface area contributed by atoms with Gasteiger partial charge in [0.05, 0.1) is 39.5 Å². The third kappa shape index (κ3) is 4.86. The fraction of sp³-hybridized carbons (Fsp3) is 0.167. The average molecular weight is 517 g/mol. The number of fused-ring (bicyclic) bond motifs is 1. The molecule has 0 saturated heterocycles. The first-order valence-corrected chi connectivity index (χ1v) is 13.0. The van der Waals surface area contributed by atoms with Gasteiger partial charge in [0, 0.05) is 5.02 Å².